The van der Waals surface area contributed by atoms with Gasteiger partial charge in [-0.2, -0.15) is 0 Å². The molecule has 180 valence electrons. The van der Waals surface area contributed by atoms with Crippen LogP contribution in [-0.2, 0) is 11.2 Å². The first-order chi connectivity index (χ1) is 16.9. The van der Waals surface area contributed by atoms with Gasteiger partial charge in [-0.25, -0.2) is 0 Å². The van der Waals surface area contributed by atoms with Crippen LogP contribution in [-0.4, -0.2) is 33.0 Å². The number of rotatable bonds is 9. The normalized spacial score (nSPS) is 11.1. The molecule has 1 amide bonds. The molecule has 1 N–H and O–H groups in total. The van der Waals surface area contributed by atoms with Crippen LogP contribution in [0, 0.1) is 0 Å². The molecule has 4 rings (SSSR count). The molecular weight excluding hydrogens is 499 g/mol. The third-order valence-corrected chi connectivity index (χ3v) is 6.95. The van der Waals surface area contributed by atoms with Gasteiger partial charge in [0.15, 0.2) is 11.0 Å². The van der Waals surface area contributed by atoms with Gasteiger partial charge in [0, 0.05) is 22.2 Å². The number of amides is 1. The number of benzene rings is 3. The third kappa shape index (κ3) is 6.45. The van der Waals surface area contributed by atoms with Crippen molar-refractivity contribution in [2.75, 3.05) is 12.3 Å². The summed E-state index contributed by atoms with van der Waals surface area (Å²) in [5.74, 6) is 1.20. The molecule has 0 spiro atoms. The summed E-state index contributed by atoms with van der Waals surface area (Å²) < 4.78 is 2.03. The summed E-state index contributed by atoms with van der Waals surface area (Å²) in [5, 5.41) is 13.9. The Morgan fingerprint density at radius 1 is 0.943 bits per heavy atom. The Balaban J connectivity index is 1.53. The number of carbonyl (C=O) groups is 1. The third-order valence-electron chi connectivity index (χ3n) is 5.52. The van der Waals surface area contributed by atoms with Crippen molar-refractivity contribution in [1.82, 2.24) is 20.1 Å². The number of nitrogens with zero attached hydrogens (tertiary/aromatic N) is 3. The average molecular weight is 526 g/mol. The quantitative estimate of drug-likeness (QED) is 0.244. The minimum Gasteiger partial charge on any atom is -0.355 e. The van der Waals surface area contributed by atoms with Crippen molar-refractivity contribution < 1.29 is 4.79 Å². The molecule has 8 heteroatoms. The second kappa shape index (κ2) is 11.8. The lowest BCUT2D eigenvalue weighted by molar-refractivity contribution is -0.118. The number of nitrogens with one attached hydrogen (secondary N) is 1. The lowest BCUT2D eigenvalue weighted by Crippen LogP contribution is -2.27. The fourth-order valence-corrected chi connectivity index (χ4v) is 4.75. The van der Waals surface area contributed by atoms with Gasteiger partial charge in [-0.15, -0.1) is 10.2 Å². The van der Waals surface area contributed by atoms with Crippen LogP contribution in [0.3, 0.4) is 0 Å². The van der Waals surface area contributed by atoms with E-state index in [9.17, 15) is 4.79 Å². The summed E-state index contributed by atoms with van der Waals surface area (Å²) in [6.45, 7) is 4.87. The molecule has 0 saturated carbocycles. The molecule has 1 aromatic heterocycles. The van der Waals surface area contributed by atoms with Crippen molar-refractivity contribution in [1.29, 1.82) is 0 Å². The summed E-state index contributed by atoms with van der Waals surface area (Å²) in [6, 6.07) is 23.4. The van der Waals surface area contributed by atoms with E-state index >= 15 is 0 Å². The van der Waals surface area contributed by atoms with E-state index in [4.69, 9.17) is 23.2 Å². The van der Waals surface area contributed by atoms with E-state index in [0.717, 1.165) is 23.2 Å². The zero-order chi connectivity index (χ0) is 24.8. The topological polar surface area (TPSA) is 59.8 Å². The fraction of sp³-hybridized carbons (Fsp3) is 0.222. The van der Waals surface area contributed by atoms with Crippen molar-refractivity contribution in [2.45, 2.75) is 31.3 Å². The summed E-state index contributed by atoms with van der Waals surface area (Å²) in [6.07, 6.45) is 0.742. The highest BCUT2D eigenvalue weighted by Crippen LogP contribution is 2.32. The monoisotopic (exact) mass is 524 g/mol. The van der Waals surface area contributed by atoms with Crippen LogP contribution in [0.1, 0.15) is 30.9 Å². The van der Waals surface area contributed by atoms with Gasteiger partial charge in [0.25, 0.3) is 0 Å². The van der Waals surface area contributed by atoms with Crippen molar-refractivity contribution in [3.8, 4) is 17.1 Å². The Hall–Kier alpha value is -2.80. The van der Waals surface area contributed by atoms with Crippen molar-refractivity contribution in [2.24, 2.45) is 0 Å². The molecule has 1 heterocycles. The Kier molecular flexibility index (Phi) is 8.50. The van der Waals surface area contributed by atoms with Gasteiger partial charge in [-0.3, -0.25) is 9.36 Å². The average Bonchev–Trinajstić information content (AvgIpc) is 3.28. The number of aromatic nitrogens is 3. The van der Waals surface area contributed by atoms with E-state index in [1.54, 1.807) is 0 Å². The first kappa shape index (κ1) is 25.3. The number of hydrogen-bond donors (Lipinski definition) is 1. The van der Waals surface area contributed by atoms with Crippen LogP contribution >= 0.6 is 35.0 Å². The molecule has 0 bridgehead atoms. The highest BCUT2D eigenvalue weighted by Gasteiger charge is 2.20. The summed E-state index contributed by atoms with van der Waals surface area (Å²) in [4.78, 5) is 12.6. The maximum absolute atomic E-state index is 12.6. The molecule has 35 heavy (non-hydrogen) atoms. The van der Waals surface area contributed by atoms with Gasteiger partial charge in [0.05, 0.1) is 11.4 Å². The number of carbonyl (C=O) groups excluding carboxylic acids is 1. The van der Waals surface area contributed by atoms with Gasteiger partial charge < -0.3 is 5.32 Å². The summed E-state index contributed by atoms with van der Waals surface area (Å²) in [5.41, 5.74) is 4.21. The predicted molar refractivity (Wildman–Crippen MR) is 145 cm³/mol. The minimum absolute atomic E-state index is 0.0521. The zero-order valence-corrected chi connectivity index (χ0v) is 21.9. The molecule has 5 nitrogen and oxygen atoms in total. The highest BCUT2D eigenvalue weighted by molar-refractivity contribution is 7.99. The first-order valence-corrected chi connectivity index (χ1v) is 13.1. The van der Waals surface area contributed by atoms with E-state index in [1.165, 1.54) is 17.3 Å². The van der Waals surface area contributed by atoms with Crippen LogP contribution in [0.5, 0.6) is 0 Å². The van der Waals surface area contributed by atoms with E-state index in [0.29, 0.717) is 33.5 Å². The largest absolute Gasteiger partial charge is 0.355 e. The number of hydrogen-bond acceptors (Lipinski definition) is 4. The SMILES string of the molecule is CC(C)c1ccccc1-n1c(SCC(=O)NCCc2ccc(Cl)cc2)nnc1-c1ccc(Cl)cc1. The smallest absolute Gasteiger partial charge is 0.230 e. The molecule has 0 radical (unpaired) electrons. The maximum Gasteiger partial charge on any atom is 0.230 e. The lowest BCUT2D eigenvalue weighted by Gasteiger charge is -2.17. The molecule has 0 saturated heterocycles. The lowest BCUT2D eigenvalue weighted by atomic mass is 10.0. The fourth-order valence-electron chi connectivity index (χ4n) is 3.72. The standard InChI is InChI=1S/C27H26Cl2N4OS/c1-18(2)23-5-3-4-6-24(23)33-26(20-9-13-22(29)14-10-20)31-32-27(33)35-17-25(34)30-16-15-19-7-11-21(28)12-8-19/h3-14,18H,15-17H2,1-2H3,(H,30,34). The maximum atomic E-state index is 12.6. The van der Waals surface area contributed by atoms with Crippen molar-refractivity contribution in [3.63, 3.8) is 0 Å². The first-order valence-electron chi connectivity index (χ1n) is 11.4. The minimum atomic E-state index is -0.0521. The van der Waals surface area contributed by atoms with Gasteiger partial charge in [0.1, 0.15) is 0 Å². The second-order valence-corrected chi connectivity index (χ2v) is 10.2. The summed E-state index contributed by atoms with van der Waals surface area (Å²) >= 11 is 13.4. The molecule has 3 aromatic carbocycles. The Bertz CT molecular complexity index is 1290. The van der Waals surface area contributed by atoms with Crippen LogP contribution in [0.2, 0.25) is 10.0 Å². The molecule has 0 unspecified atom stereocenters. The molecule has 0 aliphatic carbocycles. The van der Waals surface area contributed by atoms with E-state index in [-0.39, 0.29) is 11.7 Å². The van der Waals surface area contributed by atoms with Gasteiger partial charge in [-0.05, 0) is 65.9 Å². The van der Waals surface area contributed by atoms with Crippen molar-refractivity contribution in [3.05, 3.63) is 94.0 Å². The van der Waals surface area contributed by atoms with Gasteiger partial charge >= 0.3 is 0 Å². The van der Waals surface area contributed by atoms with Crippen LogP contribution in [0.25, 0.3) is 17.1 Å². The molecule has 0 atom stereocenters. The Morgan fingerprint density at radius 3 is 2.29 bits per heavy atom. The van der Waals surface area contributed by atoms with E-state index in [1.807, 2.05) is 65.2 Å². The van der Waals surface area contributed by atoms with Crippen molar-refractivity contribution >= 4 is 40.9 Å². The molecular formula is C27H26Cl2N4OS. The van der Waals surface area contributed by atoms with Crippen LogP contribution < -0.4 is 5.32 Å². The molecule has 4 aromatic rings. The van der Waals surface area contributed by atoms with E-state index < -0.39 is 0 Å². The van der Waals surface area contributed by atoms with Crippen LogP contribution in [0.15, 0.2) is 78.0 Å². The van der Waals surface area contributed by atoms with E-state index in [2.05, 4.69) is 41.5 Å². The molecule has 0 aliphatic heterocycles. The summed E-state index contributed by atoms with van der Waals surface area (Å²) in [7, 11) is 0. The number of halogens is 2. The molecule has 0 aliphatic rings. The Morgan fingerprint density at radius 2 is 1.60 bits per heavy atom. The highest BCUT2D eigenvalue weighted by atomic mass is 35.5. The Labute approximate surface area is 219 Å². The zero-order valence-electron chi connectivity index (χ0n) is 19.5. The second-order valence-electron chi connectivity index (χ2n) is 8.38. The van der Waals surface area contributed by atoms with Gasteiger partial charge in [0.2, 0.25) is 5.91 Å². The molecule has 0 fully saturated rings. The number of para-hydroxylation sites is 1. The van der Waals surface area contributed by atoms with Gasteiger partial charge in [-0.1, -0.05) is 79.1 Å². The predicted octanol–water partition coefficient (Wildman–Crippen LogP) is 6.82. The number of thioether (sulfide) groups is 1. The van der Waals surface area contributed by atoms with Crippen LogP contribution in [0.4, 0.5) is 0 Å².